The molecule has 80 valence electrons. The summed E-state index contributed by atoms with van der Waals surface area (Å²) in [6, 6.07) is 0. The topological polar surface area (TPSA) is 40.1 Å². The summed E-state index contributed by atoms with van der Waals surface area (Å²) < 4.78 is 0. The lowest BCUT2D eigenvalue weighted by atomic mass is 10.1. The van der Waals surface area contributed by atoms with Gasteiger partial charge in [-0.05, 0) is 37.3 Å². The lowest BCUT2D eigenvalue weighted by Crippen LogP contribution is -2.18. The summed E-state index contributed by atoms with van der Waals surface area (Å²) in [6.45, 7) is 0. The van der Waals surface area contributed by atoms with Gasteiger partial charge >= 0.3 is 0 Å². The lowest BCUT2D eigenvalue weighted by Gasteiger charge is -2.02. The highest BCUT2D eigenvalue weighted by molar-refractivity contribution is 5.78. The molecule has 0 aromatic carbocycles. The number of hydrogen-bond acceptors (Lipinski definition) is 2. The molecule has 0 amide bonds. The Bertz CT molecular complexity index is 319. The van der Waals surface area contributed by atoms with E-state index in [2.05, 4.69) is 6.08 Å². The van der Waals surface area contributed by atoms with E-state index in [1.54, 1.807) is 6.08 Å². The summed E-state index contributed by atoms with van der Waals surface area (Å²) in [7, 11) is 0. The second-order valence-corrected chi connectivity index (χ2v) is 3.45. The number of carbonyl (C=O) groups is 1. The van der Waals surface area contributed by atoms with Crippen LogP contribution in [0.4, 0.5) is 0 Å². The van der Waals surface area contributed by atoms with Crippen LogP contribution >= 0.6 is 0 Å². The van der Waals surface area contributed by atoms with Gasteiger partial charge in [0.1, 0.15) is 0 Å². The Morgan fingerprint density at radius 2 is 2.13 bits per heavy atom. The van der Waals surface area contributed by atoms with Crippen molar-refractivity contribution in [2.24, 2.45) is 0 Å². The first-order chi connectivity index (χ1) is 7.29. The normalized spacial score (nSPS) is 25.5. The molecule has 0 fully saturated rings. The van der Waals surface area contributed by atoms with E-state index in [1.165, 1.54) is 0 Å². The Kier molecular flexibility index (Phi) is 5.23. The number of carboxylic acid groups (broad SMARTS) is 1. The van der Waals surface area contributed by atoms with E-state index in [-0.39, 0.29) is 0 Å². The van der Waals surface area contributed by atoms with Crippen molar-refractivity contribution < 1.29 is 9.90 Å². The van der Waals surface area contributed by atoms with E-state index >= 15 is 0 Å². The molecule has 0 aromatic rings. The zero-order valence-electron chi connectivity index (χ0n) is 8.69. The number of rotatable bonds is 2. The molecule has 0 atom stereocenters. The van der Waals surface area contributed by atoms with Crippen LogP contribution in [-0.2, 0) is 4.79 Å². The van der Waals surface area contributed by atoms with Crippen molar-refractivity contribution in [3.8, 4) is 0 Å². The first-order valence-corrected chi connectivity index (χ1v) is 5.20. The number of carboxylic acids is 1. The SMILES string of the molecule is O=C([O-])/C=C/C1=C/C=C\C=C/CCCC1. The molecule has 2 heteroatoms. The van der Waals surface area contributed by atoms with E-state index in [0.29, 0.717) is 0 Å². The molecule has 0 heterocycles. The van der Waals surface area contributed by atoms with Crippen LogP contribution < -0.4 is 5.11 Å². The molecule has 0 aliphatic heterocycles. The third kappa shape index (κ3) is 5.68. The largest absolute Gasteiger partial charge is 0.545 e. The maximum absolute atomic E-state index is 10.3. The van der Waals surface area contributed by atoms with Crippen molar-refractivity contribution in [3.05, 3.63) is 48.1 Å². The van der Waals surface area contributed by atoms with Crippen molar-refractivity contribution in [1.29, 1.82) is 0 Å². The van der Waals surface area contributed by atoms with Crippen LogP contribution in [-0.4, -0.2) is 5.97 Å². The van der Waals surface area contributed by atoms with Crippen LogP contribution in [0, 0.1) is 0 Å². The second-order valence-electron chi connectivity index (χ2n) is 3.45. The molecule has 0 saturated heterocycles. The maximum atomic E-state index is 10.3. The van der Waals surface area contributed by atoms with Crippen molar-refractivity contribution in [2.45, 2.75) is 25.7 Å². The van der Waals surface area contributed by atoms with Gasteiger partial charge in [-0.2, -0.15) is 0 Å². The zero-order chi connectivity index (χ0) is 10.9. The quantitative estimate of drug-likeness (QED) is 0.643. The second kappa shape index (κ2) is 6.82. The zero-order valence-corrected chi connectivity index (χ0v) is 8.69. The molecule has 1 rings (SSSR count). The number of hydrogen-bond donors (Lipinski definition) is 0. The maximum Gasteiger partial charge on any atom is 0.0642 e. The van der Waals surface area contributed by atoms with Gasteiger partial charge in [-0.3, -0.25) is 0 Å². The molecule has 0 aromatic heterocycles. The van der Waals surface area contributed by atoms with Crippen molar-refractivity contribution in [2.75, 3.05) is 0 Å². The van der Waals surface area contributed by atoms with Crippen LogP contribution in [0.2, 0.25) is 0 Å². The van der Waals surface area contributed by atoms with Gasteiger partial charge in [0.15, 0.2) is 0 Å². The summed E-state index contributed by atoms with van der Waals surface area (Å²) >= 11 is 0. The molecule has 15 heavy (non-hydrogen) atoms. The highest BCUT2D eigenvalue weighted by Crippen LogP contribution is 2.12. The predicted octanol–water partition coefficient (Wildman–Crippen LogP) is 1.91. The number of allylic oxidation sites excluding steroid dienone is 7. The summed E-state index contributed by atoms with van der Waals surface area (Å²) in [6.07, 6.45) is 16.9. The molecule has 0 bridgehead atoms. The van der Waals surface area contributed by atoms with Gasteiger partial charge in [0.25, 0.3) is 0 Å². The molecule has 1 aliphatic rings. The van der Waals surface area contributed by atoms with Crippen molar-refractivity contribution in [1.82, 2.24) is 0 Å². The standard InChI is InChI=1S/C13H16O2/c14-13(15)11-10-12-8-6-4-2-1-3-5-7-9-12/h1-2,4,6,8,10-11H,3,5,7,9H2,(H,14,15)/p-1/b2-1-,6-4-,11-10+,12-8+. The predicted molar refractivity (Wildman–Crippen MR) is 59.0 cm³/mol. The molecule has 0 N–H and O–H groups in total. The highest BCUT2D eigenvalue weighted by atomic mass is 16.4. The summed E-state index contributed by atoms with van der Waals surface area (Å²) in [5, 5.41) is 10.3. The molecule has 0 unspecified atom stereocenters. The van der Waals surface area contributed by atoms with E-state index in [9.17, 15) is 9.90 Å². The van der Waals surface area contributed by atoms with Crippen LogP contribution in [0.15, 0.2) is 48.1 Å². The third-order valence-corrected chi connectivity index (χ3v) is 2.19. The van der Waals surface area contributed by atoms with Gasteiger partial charge in [-0.25, -0.2) is 0 Å². The summed E-state index contributed by atoms with van der Waals surface area (Å²) in [4.78, 5) is 10.3. The Hall–Kier alpha value is -1.57. The van der Waals surface area contributed by atoms with E-state index < -0.39 is 5.97 Å². The first-order valence-electron chi connectivity index (χ1n) is 5.20. The third-order valence-electron chi connectivity index (χ3n) is 2.19. The van der Waals surface area contributed by atoms with Gasteiger partial charge in [0.05, 0.1) is 5.97 Å². The fourth-order valence-corrected chi connectivity index (χ4v) is 1.41. The smallest absolute Gasteiger partial charge is 0.0642 e. The first kappa shape index (κ1) is 11.5. The minimum Gasteiger partial charge on any atom is -0.545 e. The van der Waals surface area contributed by atoms with Crippen LogP contribution in [0.5, 0.6) is 0 Å². The van der Waals surface area contributed by atoms with Crippen LogP contribution in [0.1, 0.15) is 25.7 Å². The van der Waals surface area contributed by atoms with Gasteiger partial charge in [-0.15, -0.1) is 0 Å². The Morgan fingerprint density at radius 3 is 2.93 bits per heavy atom. The minimum absolute atomic E-state index is 0.919. The van der Waals surface area contributed by atoms with E-state index in [1.807, 2.05) is 24.3 Å². The number of aliphatic carboxylic acids is 1. The average molecular weight is 203 g/mol. The molecular weight excluding hydrogens is 188 g/mol. The van der Waals surface area contributed by atoms with E-state index in [4.69, 9.17) is 0 Å². The Morgan fingerprint density at radius 1 is 1.27 bits per heavy atom. The Labute approximate surface area is 90.3 Å². The van der Waals surface area contributed by atoms with Gasteiger partial charge in [0, 0.05) is 0 Å². The molecular formula is C13H15O2-. The molecule has 0 spiro atoms. The van der Waals surface area contributed by atoms with Crippen molar-refractivity contribution >= 4 is 5.97 Å². The fourth-order valence-electron chi connectivity index (χ4n) is 1.41. The highest BCUT2D eigenvalue weighted by Gasteiger charge is 1.93. The monoisotopic (exact) mass is 203 g/mol. The summed E-state index contributed by atoms with van der Waals surface area (Å²) in [5.41, 5.74) is 1.03. The summed E-state index contributed by atoms with van der Waals surface area (Å²) in [5.74, 6) is -1.14. The molecule has 2 nitrogen and oxygen atoms in total. The lowest BCUT2D eigenvalue weighted by molar-refractivity contribution is -0.297. The fraction of sp³-hybridized carbons (Fsp3) is 0.308. The van der Waals surface area contributed by atoms with Gasteiger partial charge in [0.2, 0.25) is 0 Å². The molecule has 1 aliphatic carbocycles. The van der Waals surface area contributed by atoms with Gasteiger partial charge in [-0.1, -0.05) is 36.5 Å². The van der Waals surface area contributed by atoms with Crippen LogP contribution in [0.3, 0.4) is 0 Å². The van der Waals surface area contributed by atoms with Crippen LogP contribution in [0.25, 0.3) is 0 Å². The van der Waals surface area contributed by atoms with Crippen molar-refractivity contribution in [3.63, 3.8) is 0 Å². The average Bonchev–Trinajstić information content (AvgIpc) is 2.23. The van der Waals surface area contributed by atoms with E-state index in [0.717, 1.165) is 37.3 Å². The minimum atomic E-state index is -1.14. The van der Waals surface area contributed by atoms with Gasteiger partial charge < -0.3 is 9.90 Å². The Balaban J connectivity index is 2.66. The molecule has 0 radical (unpaired) electrons. The molecule has 0 saturated carbocycles. The number of carbonyl (C=O) groups excluding carboxylic acids is 1.